The van der Waals surface area contributed by atoms with E-state index in [9.17, 15) is 9.59 Å². The van der Waals surface area contributed by atoms with Crippen LogP contribution >= 0.6 is 0 Å². The van der Waals surface area contributed by atoms with E-state index in [-0.39, 0.29) is 25.0 Å². The van der Waals surface area contributed by atoms with Gasteiger partial charge in [0.05, 0.1) is 119 Å². The van der Waals surface area contributed by atoms with Gasteiger partial charge in [0.25, 0.3) is 11.8 Å². The number of carbonyl (C=O) groups is 2. The van der Waals surface area contributed by atoms with Crippen molar-refractivity contribution < 1.29 is 52.2 Å². The van der Waals surface area contributed by atoms with Crippen LogP contribution in [0.2, 0.25) is 0 Å². The fraction of sp³-hybridized carbons (Fsp3) is 0.857. The molecule has 0 aliphatic carbocycles. The maximum absolute atomic E-state index is 11.4. The van der Waals surface area contributed by atoms with Gasteiger partial charge >= 0.3 is 0 Å². The second-order valence-corrected chi connectivity index (χ2v) is 8.73. The van der Waals surface area contributed by atoms with Crippen LogP contribution in [0.15, 0.2) is 12.2 Å². The highest BCUT2D eigenvalue weighted by Crippen LogP contribution is 2.02. The fourth-order valence-corrected chi connectivity index (χ4v) is 3.30. The molecule has 0 N–H and O–H groups in total. The Kier molecular flexibility index (Phi) is 26.5. The van der Waals surface area contributed by atoms with E-state index < -0.39 is 0 Å². The normalized spacial score (nSPS) is 13.3. The lowest BCUT2D eigenvalue weighted by Crippen LogP contribution is -2.33. The number of hydrogen-bond acceptors (Lipinski definition) is 11. The first-order chi connectivity index (χ1) is 19.8. The predicted molar refractivity (Wildman–Crippen MR) is 147 cm³/mol. The van der Waals surface area contributed by atoms with Gasteiger partial charge in [-0.3, -0.25) is 14.5 Å². The Morgan fingerprint density at radius 1 is 0.425 bits per heavy atom. The minimum absolute atomic E-state index is 0.245. The molecule has 40 heavy (non-hydrogen) atoms. The maximum Gasteiger partial charge on any atom is 0.253 e. The second-order valence-electron chi connectivity index (χ2n) is 8.73. The SMILES string of the molecule is CCCCCCOCCOCCOCCOCCOCCOCCOCCOCCOCCN1C(=O)C=CC1=O. The van der Waals surface area contributed by atoms with Crippen LogP contribution in [0.5, 0.6) is 0 Å². The topological polar surface area (TPSA) is 120 Å². The third kappa shape index (κ3) is 23.2. The van der Waals surface area contributed by atoms with Gasteiger partial charge in [-0.05, 0) is 6.42 Å². The molecule has 2 amide bonds. The zero-order valence-electron chi connectivity index (χ0n) is 24.4. The number of nitrogens with zero attached hydrogens (tertiary/aromatic N) is 1. The van der Waals surface area contributed by atoms with Crippen LogP contribution in [-0.4, -0.2) is 142 Å². The molecule has 234 valence electrons. The van der Waals surface area contributed by atoms with E-state index in [2.05, 4.69) is 6.92 Å². The molecule has 0 bridgehead atoms. The maximum atomic E-state index is 11.4. The third-order valence-electron chi connectivity index (χ3n) is 5.48. The molecule has 12 nitrogen and oxygen atoms in total. The van der Waals surface area contributed by atoms with Crippen LogP contribution in [0.4, 0.5) is 0 Å². The minimum atomic E-state index is -0.302. The Hall–Kier alpha value is -1.48. The molecule has 0 saturated carbocycles. The summed E-state index contributed by atoms with van der Waals surface area (Å²) in [6.45, 7) is 11.6. The number of unbranched alkanes of at least 4 members (excludes halogenated alkanes) is 3. The summed E-state index contributed by atoms with van der Waals surface area (Å²) in [7, 11) is 0. The lowest BCUT2D eigenvalue weighted by molar-refractivity contribution is -0.137. The van der Waals surface area contributed by atoms with E-state index in [1.54, 1.807) is 0 Å². The molecule has 0 spiro atoms. The summed E-state index contributed by atoms with van der Waals surface area (Å²) in [5.41, 5.74) is 0. The van der Waals surface area contributed by atoms with E-state index in [4.69, 9.17) is 42.6 Å². The standard InChI is InChI=1S/C28H51NO11/c1-2-3-4-5-9-32-11-13-34-15-17-36-19-21-38-23-25-40-26-24-39-22-20-37-18-16-35-14-12-33-10-8-29-27(30)6-7-28(29)31/h6-7H,2-5,8-26H2,1H3. The fourth-order valence-electron chi connectivity index (χ4n) is 3.30. The van der Waals surface area contributed by atoms with E-state index in [0.717, 1.165) is 17.9 Å². The van der Waals surface area contributed by atoms with Gasteiger partial charge in [-0.25, -0.2) is 0 Å². The van der Waals surface area contributed by atoms with Gasteiger partial charge in [0.2, 0.25) is 0 Å². The van der Waals surface area contributed by atoms with Crippen molar-refractivity contribution in [1.82, 2.24) is 4.90 Å². The van der Waals surface area contributed by atoms with Crippen molar-refractivity contribution in [2.24, 2.45) is 0 Å². The summed E-state index contributed by atoms with van der Waals surface area (Å²) in [5.74, 6) is -0.604. The van der Waals surface area contributed by atoms with Crippen molar-refractivity contribution in [3.63, 3.8) is 0 Å². The zero-order chi connectivity index (χ0) is 28.8. The van der Waals surface area contributed by atoms with E-state index in [0.29, 0.717) is 106 Å². The highest BCUT2D eigenvalue weighted by Gasteiger charge is 2.22. The van der Waals surface area contributed by atoms with Crippen molar-refractivity contribution in [2.45, 2.75) is 32.6 Å². The van der Waals surface area contributed by atoms with Crippen LogP contribution < -0.4 is 0 Å². The van der Waals surface area contributed by atoms with Gasteiger partial charge in [0.15, 0.2) is 0 Å². The van der Waals surface area contributed by atoms with Gasteiger partial charge in [0.1, 0.15) is 0 Å². The number of imide groups is 1. The van der Waals surface area contributed by atoms with Crippen LogP contribution in [0.3, 0.4) is 0 Å². The van der Waals surface area contributed by atoms with Gasteiger partial charge in [0, 0.05) is 18.8 Å². The number of hydrogen-bond donors (Lipinski definition) is 0. The van der Waals surface area contributed by atoms with Crippen LogP contribution in [0.25, 0.3) is 0 Å². The molecule has 1 aliphatic heterocycles. The summed E-state index contributed by atoms with van der Waals surface area (Å²) >= 11 is 0. The Morgan fingerprint density at radius 2 is 0.725 bits per heavy atom. The second kappa shape index (κ2) is 29.0. The van der Waals surface area contributed by atoms with Crippen molar-refractivity contribution >= 4 is 11.8 Å². The van der Waals surface area contributed by atoms with Gasteiger partial charge in [-0.2, -0.15) is 0 Å². The molecule has 1 aliphatic rings. The van der Waals surface area contributed by atoms with E-state index in [1.807, 2.05) is 0 Å². The largest absolute Gasteiger partial charge is 0.379 e. The molecule has 0 aromatic carbocycles. The van der Waals surface area contributed by atoms with Crippen molar-refractivity contribution in [3.05, 3.63) is 12.2 Å². The molecule has 12 heteroatoms. The molecule has 1 rings (SSSR count). The number of carbonyl (C=O) groups excluding carboxylic acids is 2. The molecule has 0 aromatic heterocycles. The number of rotatable bonds is 32. The smallest absolute Gasteiger partial charge is 0.253 e. The van der Waals surface area contributed by atoms with Crippen LogP contribution in [0.1, 0.15) is 32.6 Å². The Balaban J connectivity index is 1.63. The van der Waals surface area contributed by atoms with Crippen LogP contribution in [-0.2, 0) is 52.2 Å². The number of ether oxygens (including phenoxy) is 9. The molecule has 0 fully saturated rings. The Morgan fingerprint density at radius 3 is 1.05 bits per heavy atom. The average Bonchev–Trinajstić information content (AvgIpc) is 3.28. The molecule has 1 heterocycles. The first-order valence-electron chi connectivity index (χ1n) is 14.5. The molecule has 0 aromatic rings. The highest BCUT2D eigenvalue weighted by molar-refractivity contribution is 6.12. The summed E-state index contributed by atoms with van der Waals surface area (Å²) in [6.07, 6.45) is 7.39. The monoisotopic (exact) mass is 577 g/mol. The van der Waals surface area contributed by atoms with Gasteiger partial charge < -0.3 is 42.6 Å². The Bertz CT molecular complexity index is 603. The summed E-state index contributed by atoms with van der Waals surface area (Å²) in [5, 5.41) is 0. The lowest BCUT2D eigenvalue weighted by atomic mass is 10.2. The van der Waals surface area contributed by atoms with Gasteiger partial charge in [-0.1, -0.05) is 26.2 Å². The molecular formula is C28H51NO11. The average molecular weight is 578 g/mol. The first kappa shape index (κ1) is 36.5. The van der Waals surface area contributed by atoms with Crippen molar-refractivity contribution in [3.8, 4) is 0 Å². The summed E-state index contributed by atoms with van der Waals surface area (Å²) in [4.78, 5) is 23.9. The van der Waals surface area contributed by atoms with E-state index >= 15 is 0 Å². The minimum Gasteiger partial charge on any atom is -0.379 e. The number of amides is 2. The zero-order valence-corrected chi connectivity index (χ0v) is 24.4. The molecule has 0 radical (unpaired) electrons. The molecular weight excluding hydrogens is 526 g/mol. The molecule has 0 atom stereocenters. The molecule has 0 unspecified atom stereocenters. The predicted octanol–water partition coefficient (Wildman–Crippen LogP) is 1.64. The molecule has 0 saturated heterocycles. The first-order valence-corrected chi connectivity index (χ1v) is 14.5. The summed E-state index contributed by atoms with van der Waals surface area (Å²) < 4.78 is 49.0. The highest BCUT2D eigenvalue weighted by atomic mass is 16.6. The lowest BCUT2D eigenvalue weighted by Gasteiger charge is -2.13. The van der Waals surface area contributed by atoms with Gasteiger partial charge in [-0.15, -0.1) is 0 Å². The van der Waals surface area contributed by atoms with E-state index in [1.165, 1.54) is 31.4 Å². The van der Waals surface area contributed by atoms with Crippen molar-refractivity contribution in [2.75, 3.05) is 125 Å². The third-order valence-corrected chi connectivity index (χ3v) is 5.48. The quantitative estimate of drug-likeness (QED) is 0.0857. The Labute approximate surface area is 239 Å². The van der Waals surface area contributed by atoms with Crippen LogP contribution in [0, 0.1) is 0 Å². The van der Waals surface area contributed by atoms with Crippen molar-refractivity contribution in [1.29, 1.82) is 0 Å². The summed E-state index contributed by atoms with van der Waals surface area (Å²) in [6, 6.07) is 0.